The minimum atomic E-state index is -0.820. The number of fused-ring (bicyclic) bond motifs is 3. The largest absolute Gasteiger partial charge is 0.461 e. The van der Waals surface area contributed by atoms with Crippen LogP contribution in [0.25, 0.3) is 23.3 Å². The molecule has 0 unspecified atom stereocenters. The molecule has 0 saturated heterocycles. The van der Waals surface area contributed by atoms with Crippen LogP contribution in [0.2, 0.25) is 0 Å². The summed E-state index contributed by atoms with van der Waals surface area (Å²) in [6.07, 6.45) is 6.29. The average molecular weight is 487 g/mol. The molecular formula is C33H26O4. The Morgan fingerprint density at radius 3 is 1.35 bits per heavy atom. The fraction of sp³-hybridized carbons (Fsp3) is 0.0909. The SMILES string of the molecule is O=C(/C=C/c1ccccc1)OCC1(COC(=O)/C=C/c2ccccc2)c2ccccc2-c2ccccc21. The van der Waals surface area contributed by atoms with Crippen molar-refractivity contribution >= 4 is 24.1 Å². The molecule has 1 aliphatic rings. The Hall–Kier alpha value is -4.70. The van der Waals surface area contributed by atoms with Gasteiger partial charge in [-0.3, -0.25) is 0 Å². The van der Waals surface area contributed by atoms with Gasteiger partial charge in [-0.1, -0.05) is 109 Å². The second kappa shape index (κ2) is 10.9. The topological polar surface area (TPSA) is 52.6 Å². The van der Waals surface area contributed by atoms with Crippen LogP contribution in [0.3, 0.4) is 0 Å². The lowest BCUT2D eigenvalue weighted by molar-refractivity contribution is -0.143. The van der Waals surface area contributed by atoms with Gasteiger partial charge in [-0.2, -0.15) is 0 Å². The van der Waals surface area contributed by atoms with Gasteiger partial charge in [-0.25, -0.2) is 9.59 Å². The van der Waals surface area contributed by atoms with Crippen molar-refractivity contribution in [3.05, 3.63) is 144 Å². The van der Waals surface area contributed by atoms with Crippen molar-refractivity contribution < 1.29 is 19.1 Å². The van der Waals surface area contributed by atoms with E-state index in [1.54, 1.807) is 12.2 Å². The van der Waals surface area contributed by atoms with Crippen molar-refractivity contribution in [2.24, 2.45) is 0 Å². The average Bonchev–Trinajstić information content (AvgIpc) is 3.24. The molecule has 0 atom stereocenters. The van der Waals surface area contributed by atoms with Crippen molar-refractivity contribution in [3.8, 4) is 11.1 Å². The summed E-state index contributed by atoms with van der Waals surface area (Å²) in [6.45, 7) is 0.0728. The minimum absolute atomic E-state index is 0.0364. The molecule has 4 aromatic rings. The molecule has 182 valence electrons. The molecule has 37 heavy (non-hydrogen) atoms. The van der Waals surface area contributed by atoms with Gasteiger partial charge in [0, 0.05) is 12.2 Å². The van der Waals surface area contributed by atoms with Gasteiger partial charge < -0.3 is 9.47 Å². The molecule has 0 aromatic heterocycles. The van der Waals surface area contributed by atoms with Crippen molar-refractivity contribution in [2.45, 2.75) is 5.41 Å². The maximum absolute atomic E-state index is 12.7. The van der Waals surface area contributed by atoms with E-state index >= 15 is 0 Å². The maximum Gasteiger partial charge on any atom is 0.330 e. The molecule has 0 spiro atoms. The van der Waals surface area contributed by atoms with E-state index in [0.717, 1.165) is 33.4 Å². The van der Waals surface area contributed by atoms with Gasteiger partial charge in [0.25, 0.3) is 0 Å². The number of benzene rings is 4. The van der Waals surface area contributed by atoms with E-state index in [-0.39, 0.29) is 13.2 Å². The predicted molar refractivity (Wildman–Crippen MR) is 146 cm³/mol. The van der Waals surface area contributed by atoms with Crippen molar-refractivity contribution in [3.63, 3.8) is 0 Å². The molecule has 4 heteroatoms. The summed E-state index contributed by atoms with van der Waals surface area (Å²) in [5.74, 6) is -0.916. The van der Waals surface area contributed by atoms with E-state index in [2.05, 4.69) is 0 Å². The van der Waals surface area contributed by atoms with E-state index in [1.807, 2.05) is 109 Å². The van der Waals surface area contributed by atoms with Crippen LogP contribution in [0, 0.1) is 0 Å². The summed E-state index contributed by atoms with van der Waals surface area (Å²) in [5, 5.41) is 0. The first-order valence-electron chi connectivity index (χ1n) is 12.1. The number of esters is 2. The molecule has 0 bridgehead atoms. The quantitative estimate of drug-likeness (QED) is 0.212. The zero-order chi connectivity index (χ0) is 25.5. The maximum atomic E-state index is 12.7. The Labute approximate surface area is 216 Å². The molecule has 5 rings (SSSR count). The second-order valence-electron chi connectivity index (χ2n) is 8.88. The lowest BCUT2D eigenvalue weighted by atomic mass is 9.79. The summed E-state index contributed by atoms with van der Waals surface area (Å²) >= 11 is 0. The molecule has 0 amide bonds. The zero-order valence-corrected chi connectivity index (χ0v) is 20.2. The Morgan fingerprint density at radius 1 is 0.541 bits per heavy atom. The third kappa shape index (κ3) is 5.29. The number of hydrogen-bond acceptors (Lipinski definition) is 4. The summed E-state index contributed by atoms with van der Waals surface area (Å²) in [4.78, 5) is 25.4. The first-order valence-corrected chi connectivity index (χ1v) is 12.1. The lowest BCUT2D eigenvalue weighted by Crippen LogP contribution is -2.38. The molecule has 0 N–H and O–H groups in total. The fourth-order valence-corrected chi connectivity index (χ4v) is 4.71. The number of ether oxygens (including phenoxy) is 2. The van der Waals surface area contributed by atoms with Crippen molar-refractivity contribution in [2.75, 3.05) is 13.2 Å². The first kappa shape index (κ1) is 24.0. The summed E-state index contributed by atoms with van der Waals surface area (Å²) in [7, 11) is 0. The van der Waals surface area contributed by atoms with Crippen LogP contribution < -0.4 is 0 Å². The molecular weight excluding hydrogens is 460 g/mol. The Morgan fingerprint density at radius 2 is 0.919 bits per heavy atom. The minimum Gasteiger partial charge on any atom is -0.461 e. The van der Waals surface area contributed by atoms with E-state index in [9.17, 15) is 9.59 Å². The van der Waals surface area contributed by atoms with Gasteiger partial charge in [-0.05, 0) is 45.5 Å². The van der Waals surface area contributed by atoms with E-state index < -0.39 is 17.4 Å². The predicted octanol–water partition coefficient (Wildman–Crippen LogP) is 6.47. The standard InChI is InChI=1S/C33H26O4/c34-31(21-19-25-11-3-1-4-12-25)36-23-33(24-37-32(35)22-20-26-13-5-2-6-14-26)29-17-9-7-15-27(29)28-16-8-10-18-30(28)33/h1-22H,23-24H2/b21-19+,22-20+. The number of rotatable bonds is 8. The summed E-state index contributed by atoms with van der Waals surface area (Å²) < 4.78 is 11.6. The van der Waals surface area contributed by atoms with Crippen molar-refractivity contribution in [1.29, 1.82) is 0 Å². The van der Waals surface area contributed by atoms with E-state index in [1.165, 1.54) is 12.2 Å². The van der Waals surface area contributed by atoms with Gasteiger partial charge in [0.15, 0.2) is 0 Å². The van der Waals surface area contributed by atoms with Gasteiger partial charge in [0.1, 0.15) is 13.2 Å². The van der Waals surface area contributed by atoms with Crippen LogP contribution in [0.4, 0.5) is 0 Å². The molecule has 1 aliphatic carbocycles. The Balaban J connectivity index is 1.40. The number of carbonyl (C=O) groups is 2. The highest BCUT2D eigenvalue weighted by atomic mass is 16.5. The third-order valence-corrected chi connectivity index (χ3v) is 6.52. The fourth-order valence-electron chi connectivity index (χ4n) is 4.71. The molecule has 0 heterocycles. The summed E-state index contributed by atoms with van der Waals surface area (Å²) in [5.41, 5.74) is 5.02. The Kier molecular flexibility index (Phi) is 7.09. The first-order chi connectivity index (χ1) is 18.2. The van der Waals surface area contributed by atoms with Gasteiger partial charge >= 0.3 is 11.9 Å². The van der Waals surface area contributed by atoms with Crippen LogP contribution >= 0.6 is 0 Å². The van der Waals surface area contributed by atoms with Crippen LogP contribution in [0.15, 0.2) is 121 Å². The summed E-state index contributed by atoms with van der Waals surface area (Å²) in [6, 6.07) is 35.1. The monoisotopic (exact) mass is 486 g/mol. The zero-order valence-electron chi connectivity index (χ0n) is 20.2. The number of carbonyl (C=O) groups excluding carboxylic acids is 2. The molecule has 0 fully saturated rings. The highest BCUT2D eigenvalue weighted by Gasteiger charge is 2.45. The smallest absolute Gasteiger partial charge is 0.330 e. The van der Waals surface area contributed by atoms with Crippen LogP contribution in [-0.4, -0.2) is 25.2 Å². The van der Waals surface area contributed by atoms with Crippen LogP contribution in [0.1, 0.15) is 22.3 Å². The van der Waals surface area contributed by atoms with Gasteiger partial charge in [0.2, 0.25) is 0 Å². The highest BCUT2D eigenvalue weighted by Crippen LogP contribution is 2.49. The second-order valence-corrected chi connectivity index (χ2v) is 8.88. The van der Waals surface area contributed by atoms with Crippen LogP contribution in [0.5, 0.6) is 0 Å². The molecule has 0 saturated carbocycles. The molecule has 0 radical (unpaired) electrons. The van der Waals surface area contributed by atoms with Gasteiger partial charge in [0.05, 0.1) is 5.41 Å². The normalized spacial score (nSPS) is 13.3. The van der Waals surface area contributed by atoms with E-state index in [0.29, 0.717) is 0 Å². The van der Waals surface area contributed by atoms with Crippen LogP contribution in [-0.2, 0) is 24.5 Å². The molecule has 4 aromatic carbocycles. The highest BCUT2D eigenvalue weighted by molar-refractivity contribution is 5.89. The number of hydrogen-bond donors (Lipinski definition) is 0. The van der Waals surface area contributed by atoms with E-state index in [4.69, 9.17) is 9.47 Å². The molecule has 4 nitrogen and oxygen atoms in total. The van der Waals surface area contributed by atoms with Crippen molar-refractivity contribution in [1.82, 2.24) is 0 Å². The van der Waals surface area contributed by atoms with Gasteiger partial charge in [-0.15, -0.1) is 0 Å². The Bertz CT molecular complexity index is 1340. The third-order valence-electron chi connectivity index (χ3n) is 6.52. The lowest BCUT2D eigenvalue weighted by Gasteiger charge is -2.30. The molecule has 0 aliphatic heterocycles.